The zero-order chi connectivity index (χ0) is 23.2. The van der Waals surface area contributed by atoms with E-state index < -0.39 is 35.9 Å². The van der Waals surface area contributed by atoms with Gasteiger partial charge in [-0.3, -0.25) is 4.79 Å². The second-order valence-electron chi connectivity index (χ2n) is 5.92. The number of amides is 1. The fourth-order valence-corrected chi connectivity index (χ4v) is 2.90. The first-order valence-electron chi connectivity index (χ1n) is 8.48. The van der Waals surface area contributed by atoms with Crippen molar-refractivity contribution in [3.8, 4) is 11.5 Å². The standard InChI is InChI=1S/C20H16Cl2F3NO5/c1-29-16-8-11(7-14(22)19(16)30-2)3-6-18(28)31-10-17(27)26-15-5-4-12(21)9-13(15)20(23,24)25/h3-9H,10H2,1-2H3,(H,26,27)/b6-3+. The number of nitrogens with one attached hydrogen (secondary N) is 1. The Balaban J connectivity index is 2.00. The minimum atomic E-state index is -4.73. The molecule has 0 aromatic heterocycles. The van der Waals surface area contributed by atoms with Crippen molar-refractivity contribution in [3.63, 3.8) is 0 Å². The number of halogens is 5. The van der Waals surface area contributed by atoms with Crippen molar-refractivity contribution in [3.05, 3.63) is 57.6 Å². The van der Waals surface area contributed by atoms with Gasteiger partial charge < -0.3 is 19.5 Å². The molecule has 0 aliphatic heterocycles. The number of hydrogen-bond donors (Lipinski definition) is 1. The number of carbonyl (C=O) groups is 2. The van der Waals surface area contributed by atoms with Crippen LogP contribution in [0.25, 0.3) is 6.08 Å². The molecule has 0 aliphatic rings. The third kappa shape index (κ3) is 6.80. The molecular formula is C20H16Cl2F3NO5. The summed E-state index contributed by atoms with van der Waals surface area (Å²) in [6, 6.07) is 5.94. The molecule has 0 saturated heterocycles. The van der Waals surface area contributed by atoms with E-state index >= 15 is 0 Å². The van der Waals surface area contributed by atoms with Gasteiger partial charge in [-0.05, 0) is 42.0 Å². The van der Waals surface area contributed by atoms with Crippen LogP contribution in [-0.4, -0.2) is 32.7 Å². The molecule has 0 unspecified atom stereocenters. The second kappa shape index (κ2) is 10.4. The molecule has 2 aromatic carbocycles. The van der Waals surface area contributed by atoms with Crippen LogP contribution in [0.4, 0.5) is 18.9 Å². The van der Waals surface area contributed by atoms with Crippen molar-refractivity contribution in [2.45, 2.75) is 6.18 Å². The molecule has 0 heterocycles. The predicted molar refractivity (Wildman–Crippen MR) is 110 cm³/mol. The Bertz CT molecular complexity index is 1010. The van der Waals surface area contributed by atoms with Crippen molar-refractivity contribution in [1.29, 1.82) is 0 Å². The molecule has 2 aromatic rings. The number of alkyl halides is 3. The van der Waals surface area contributed by atoms with E-state index in [9.17, 15) is 22.8 Å². The van der Waals surface area contributed by atoms with Gasteiger partial charge in [0.1, 0.15) is 0 Å². The first kappa shape index (κ1) is 24.4. The van der Waals surface area contributed by atoms with Crippen LogP contribution in [0.15, 0.2) is 36.4 Å². The van der Waals surface area contributed by atoms with Crippen LogP contribution in [0.5, 0.6) is 11.5 Å². The summed E-state index contributed by atoms with van der Waals surface area (Å²) in [6.45, 7) is -0.796. The SMILES string of the molecule is COc1cc(/C=C/C(=O)OCC(=O)Nc2ccc(Cl)cc2C(F)(F)F)cc(Cl)c1OC. The highest BCUT2D eigenvalue weighted by atomic mass is 35.5. The fraction of sp³-hybridized carbons (Fsp3) is 0.200. The van der Waals surface area contributed by atoms with E-state index in [1.54, 1.807) is 6.07 Å². The first-order chi connectivity index (χ1) is 14.5. The lowest BCUT2D eigenvalue weighted by Crippen LogP contribution is -2.22. The van der Waals surface area contributed by atoms with E-state index in [0.717, 1.165) is 12.1 Å². The first-order valence-corrected chi connectivity index (χ1v) is 9.23. The summed E-state index contributed by atoms with van der Waals surface area (Å²) in [7, 11) is 2.84. The number of hydrogen-bond acceptors (Lipinski definition) is 5. The van der Waals surface area contributed by atoms with Crippen LogP contribution < -0.4 is 14.8 Å². The van der Waals surface area contributed by atoms with Crippen LogP contribution in [0.3, 0.4) is 0 Å². The van der Waals surface area contributed by atoms with Gasteiger partial charge in [-0.15, -0.1) is 0 Å². The Morgan fingerprint density at radius 2 is 1.81 bits per heavy atom. The van der Waals surface area contributed by atoms with Crippen molar-refractivity contribution >= 4 is 46.8 Å². The average Bonchev–Trinajstić information content (AvgIpc) is 2.70. The Labute approximate surface area is 185 Å². The molecule has 1 N–H and O–H groups in total. The maximum Gasteiger partial charge on any atom is 0.418 e. The van der Waals surface area contributed by atoms with Crippen molar-refractivity contribution < 1.29 is 37.0 Å². The van der Waals surface area contributed by atoms with Crippen LogP contribution in [-0.2, 0) is 20.5 Å². The third-order valence-electron chi connectivity index (χ3n) is 3.77. The third-order valence-corrected chi connectivity index (χ3v) is 4.29. The van der Waals surface area contributed by atoms with Crippen LogP contribution in [0, 0.1) is 0 Å². The molecule has 0 bridgehead atoms. The quantitative estimate of drug-likeness (QED) is 0.436. The fourth-order valence-electron chi connectivity index (χ4n) is 2.43. The molecule has 0 radical (unpaired) electrons. The van der Waals surface area contributed by atoms with Crippen LogP contribution >= 0.6 is 23.2 Å². The summed E-state index contributed by atoms with van der Waals surface area (Å²) in [5, 5.41) is 2.15. The molecule has 0 atom stereocenters. The molecule has 0 aliphatic carbocycles. The van der Waals surface area contributed by atoms with E-state index in [4.69, 9.17) is 37.4 Å². The molecule has 31 heavy (non-hydrogen) atoms. The summed E-state index contributed by atoms with van der Waals surface area (Å²) >= 11 is 11.6. The van der Waals surface area contributed by atoms with E-state index in [2.05, 4.69) is 0 Å². The Hall–Kier alpha value is -2.91. The van der Waals surface area contributed by atoms with Gasteiger partial charge in [0.25, 0.3) is 5.91 Å². The Morgan fingerprint density at radius 3 is 2.42 bits per heavy atom. The van der Waals surface area contributed by atoms with Crippen molar-refractivity contribution in [1.82, 2.24) is 0 Å². The van der Waals surface area contributed by atoms with Crippen molar-refractivity contribution in [2.24, 2.45) is 0 Å². The van der Waals surface area contributed by atoms with Crippen LogP contribution in [0.2, 0.25) is 10.0 Å². The number of methoxy groups -OCH3 is 2. The monoisotopic (exact) mass is 477 g/mol. The minimum absolute atomic E-state index is 0.142. The average molecular weight is 478 g/mol. The highest BCUT2D eigenvalue weighted by Gasteiger charge is 2.34. The lowest BCUT2D eigenvalue weighted by molar-refractivity contribution is -0.142. The van der Waals surface area contributed by atoms with Crippen LogP contribution in [0.1, 0.15) is 11.1 Å². The summed E-state index contributed by atoms with van der Waals surface area (Å²) in [5.41, 5.74) is -1.14. The van der Waals surface area contributed by atoms with Gasteiger partial charge in [-0.1, -0.05) is 23.2 Å². The Kier molecular flexibility index (Phi) is 8.18. The number of carbonyl (C=O) groups excluding carboxylic acids is 2. The number of rotatable bonds is 7. The number of ether oxygens (including phenoxy) is 3. The molecule has 0 fully saturated rings. The maximum absolute atomic E-state index is 13.1. The van der Waals surface area contributed by atoms with Gasteiger partial charge in [0.15, 0.2) is 18.1 Å². The number of esters is 1. The zero-order valence-corrected chi connectivity index (χ0v) is 17.7. The summed E-state index contributed by atoms with van der Waals surface area (Å²) in [4.78, 5) is 23.7. The van der Waals surface area contributed by atoms with Gasteiger partial charge in [0.05, 0.1) is 30.5 Å². The summed E-state index contributed by atoms with van der Waals surface area (Å²) in [5.74, 6) is -1.19. The van der Waals surface area contributed by atoms with Crippen molar-refractivity contribution in [2.75, 3.05) is 26.1 Å². The second-order valence-corrected chi connectivity index (χ2v) is 6.76. The highest BCUT2D eigenvalue weighted by molar-refractivity contribution is 6.32. The van der Waals surface area contributed by atoms with Gasteiger partial charge >= 0.3 is 12.1 Å². The van der Waals surface area contributed by atoms with Gasteiger partial charge in [-0.25, -0.2) is 4.79 Å². The molecule has 0 spiro atoms. The number of benzene rings is 2. The largest absolute Gasteiger partial charge is 0.493 e. The molecule has 6 nitrogen and oxygen atoms in total. The molecule has 11 heteroatoms. The van der Waals surface area contributed by atoms with E-state index in [1.807, 2.05) is 5.32 Å². The molecule has 2 rings (SSSR count). The normalized spacial score (nSPS) is 11.3. The lowest BCUT2D eigenvalue weighted by atomic mass is 10.1. The van der Waals surface area contributed by atoms with E-state index in [-0.39, 0.29) is 10.0 Å². The maximum atomic E-state index is 13.1. The predicted octanol–water partition coefficient (Wildman–Crippen LogP) is 5.22. The molecular weight excluding hydrogens is 462 g/mol. The smallest absolute Gasteiger partial charge is 0.418 e. The Morgan fingerprint density at radius 1 is 1.10 bits per heavy atom. The minimum Gasteiger partial charge on any atom is -0.493 e. The van der Waals surface area contributed by atoms with E-state index in [0.29, 0.717) is 23.1 Å². The van der Waals surface area contributed by atoms with Gasteiger partial charge in [0, 0.05) is 11.1 Å². The summed E-state index contributed by atoms with van der Waals surface area (Å²) < 4.78 is 54.1. The molecule has 1 amide bonds. The highest BCUT2D eigenvalue weighted by Crippen LogP contribution is 2.37. The number of anilines is 1. The zero-order valence-electron chi connectivity index (χ0n) is 16.2. The topological polar surface area (TPSA) is 73.9 Å². The lowest BCUT2D eigenvalue weighted by Gasteiger charge is -2.14. The van der Waals surface area contributed by atoms with Gasteiger partial charge in [-0.2, -0.15) is 13.2 Å². The van der Waals surface area contributed by atoms with Gasteiger partial charge in [0.2, 0.25) is 0 Å². The van der Waals surface area contributed by atoms with E-state index in [1.165, 1.54) is 32.4 Å². The summed E-state index contributed by atoms with van der Waals surface area (Å²) in [6.07, 6.45) is -2.35. The molecule has 0 saturated carbocycles. The molecule has 166 valence electrons.